The first-order valence-corrected chi connectivity index (χ1v) is 13.4. The van der Waals surface area contributed by atoms with E-state index in [1.807, 2.05) is 0 Å². The molecule has 0 spiro atoms. The first kappa shape index (κ1) is 23.7. The van der Waals surface area contributed by atoms with Gasteiger partial charge in [0.25, 0.3) is 0 Å². The fraction of sp³-hybridized carbons (Fsp3) is 0.480. The van der Waals surface area contributed by atoms with Gasteiger partial charge in [-0.25, -0.2) is 17.1 Å². The second-order valence-electron chi connectivity index (χ2n) is 8.99. The molecule has 2 saturated heterocycles. The zero-order chi connectivity index (χ0) is 23.3. The van der Waals surface area contributed by atoms with Crippen molar-refractivity contribution in [3.63, 3.8) is 0 Å². The largest absolute Gasteiger partial charge is 0.372 e. The minimum absolute atomic E-state index is 0.0225. The summed E-state index contributed by atoms with van der Waals surface area (Å²) in [5, 5.41) is 3.01. The summed E-state index contributed by atoms with van der Waals surface area (Å²) < 4.78 is 39.9. The van der Waals surface area contributed by atoms with E-state index in [9.17, 15) is 17.6 Å². The van der Waals surface area contributed by atoms with Crippen LogP contribution in [0.25, 0.3) is 0 Å². The maximum Gasteiger partial charge on any atom is 0.223 e. The van der Waals surface area contributed by atoms with Crippen molar-refractivity contribution in [2.24, 2.45) is 5.92 Å². The third-order valence-electron chi connectivity index (χ3n) is 6.60. The minimum Gasteiger partial charge on any atom is -0.372 e. The lowest BCUT2D eigenvalue weighted by Crippen LogP contribution is -2.43. The molecular formula is C25H32FN3O3S. The van der Waals surface area contributed by atoms with Gasteiger partial charge in [0.15, 0.2) is 0 Å². The highest BCUT2D eigenvalue weighted by molar-refractivity contribution is 7.88. The van der Waals surface area contributed by atoms with Crippen LogP contribution in [0.1, 0.15) is 43.2 Å². The molecule has 0 bridgehead atoms. The number of carbonyl (C=O) groups excluding carboxylic acids is 1. The van der Waals surface area contributed by atoms with Crippen molar-refractivity contribution < 1.29 is 17.6 Å². The van der Waals surface area contributed by atoms with Crippen molar-refractivity contribution >= 4 is 21.6 Å². The molecule has 0 aliphatic carbocycles. The summed E-state index contributed by atoms with van der Waals surface area (Å²) in [5.41, 5.74) is 2.85. The first-order valence-electron chi connectivity index (χ1n) is 11.7. The third kappa shape index (κ3) is 6.32. The molecule has 1 N–H and O–H groups in total. The van der Waals surface area contributed by atoms with E-state index in [0.717, 1.165) is 18.7 Å². The molecule has 2 aromatic rings. The van der Waals surface area contributed by atoms with Gasteiger partial charge in [0.05, 0.1) is 5.75 Å². The number of sulfonamides is 1. The number of amides is 1. The molecule has 0 saturated carbocycles. The molecule has 2 fully saturated rings. The average Bonchev–Trinajstić information content (AvgIpc) is 2.85. The molecule has 6 nitrogen and oxygen atoms in total. The van der Waals surface area contributed by atoms with Crippen LogP contribution in [0.15, 0.2) is 48.5 Å². The second-order valence-corrected chi connectivity index (χ2v) is 11.0. The molecule has 33 heavy (non-hydrogen) atoms. The highest BCUT2D eigenvalue weighted by Crippen LogP contribution is 2.23. The highest BCUT2D eigenvalue weighted by Gasteiger charge is 2.31. The maximum atomic E-state index is 13.1. The zero-order valence-electron chi connectivity index (χ0n) is 18.9. The number of nitrogens with zero attached hydrogens (tertiary/aromatic N) is 2. The molecule has 2 aromatic carbocycles. The number of halogens is 1. The lowest BCUT2D eigenvalue weighted by atomic mass is 9.97. The lowest BCUT2D eigenvalue weighted by molar-refractivity contribution is -0.126. The van der Waals surface area contributed by atoms with Crippen LogP contribution >= 0.6 is 0 Å². The molecule has 178 valence electrons. The number of hydrogen-bond acceptors (Lipinski definition) is 4. The summed E-state index contributed by atoms with van der Waals surface area (Å²) in [6.07, 6.45) is 4.79. The predicted molar refractivity (Wildman–Crippen MR) is 128 cm³/mol. The molecule has 2 aliphatic rings. The predicted octanol–water partition coefficient (Wildman–Crippen LogP) is 3.67. The number of hydrogen-bond donors (Lipinski definition) is 1. The van der Waals surface area contributed by atoms with Gasteiger partial charge >= 0.3 is 0 Å². The Balaban J connectivity index is 1.23. The van der Waals surface area contributed by atoms with Crippen LogP contribution in [0.3, 0.4) is 0 Å². The van der Waals surface area contributed by atoms with Gasteiger partial charge in [-0.3, -0.25) is 4.79 Å². The minimum atomic E-state index is -3.49. The van der Waals surface area contributed by atoms with Crippen LogP contribution in [-0.4, -0.2) is 44.8 Å². The number of anilines is 1. The molecule has 2 aliphatic heterocycles. The van der Waals surface area contributed by atoms with Crippen LogP contribution in [-0.2, 0) is 27.1 Å². The van der Waals surface area contributed by atoms with Crippen molar-refractivity contribution in [1.29, 1.82) is 0 Å². The summed E-state index contributed by atoms with van der Waals surface area (Å²) in [5.74, 6) is -0.751. The molecule has 4 rings (SSSR count). The molecule has 1 amide bonds. The highest BCUT2D eigenvalue weighted by atomic mass is 32.2. The Hall–Kier alpha value is -2.45. The summed E-state index contributed by atoms with van der Waals surface area (Å²) in [6.45, 7) is 3.34. The van der Waals surface area contributed by atoms with Crippen LogP contribution in [0.4, 0.5) is 10.1 Å². The van der Waals surface area contributed by atoms with Gasteiger partial charge in [0.1, 0.15) is 5.82 Å². The number of carbonyl (C=O) groups is 1. The maximum absolute atomic E-state index is 13.1. The van der Waals surface area contributed by atoms with Crippen molar-refractivity contribution in [1.82, 2.24) is 9.62 Å². The third-order valence-corrected chi connectivity index (χ3v) is 8.45. The smallest absolute Gasteiger partial charge is 0.223 e. The van der Waals surface area contributed by atoms with E-state index in [0.29, 0.717) is 38.0 Å². The van der Waals surface area contributed by atoms with Crippen LogP contribution in [0, 0.1) is 11.7 Å². The van der Waals surface area contributed by atoms with E-state index < -0.39 is 10.0 Å². The van der Waals surface area contributed by atoms with Gasteiger partial charge in [-0.05, 0) is 67.5 Å². The Kier molecular flexibility index (Phi) is 7.65. The number of benzene rings is 2. The Bertz CT molecular complexity index is 1030. The number of nitrogens with one attached hydrogen (secondary N) is 1. The summed E-state index contributed by atoms with van der Waals surface area (Å²) in [6, 6.07) is 13.9. The van der Waals surface area contributed by atoms with E-state index in [2.05, 4.69) is 34.5 Å². The standard InChI is InChI=1S/C25H32FN3O3S/c26-23-8-4-21(5-9-23)19-33(31,32)29-16-12-22(13-17-29)25(30)27-18-20-6-10-24(11-7-20)28-14-2-1-3-15-28/h4-11,22H,1-3,12-19H2,(H,27,30). The molecule has 0 unspecified atom stereocenters. The van der Waals surface area contributed by atoms with E-state index in [-0.39, 0.29) is 23.4 Å². The Morgan fingerprint density at radius 1 is 0.879 bits per heavy atom. The first-order chi connectivity index (χ1) is 15.9. The van der Waals surface area contributed by atoms with Crippen molar-refractivity contribution in [3.05, 3.63) is 65.5 Å². The quantitative estimate of drug-likeness (QED) is 0.666. The molecule has 2 heterocycles. The lowest BCUT2D eigenvalue weighted by Gasteiger charge is -2.30. The van der Waals surface area contributed by atoms with E-state index >= 15 is 0 Å². The monoisotopic (exact) mass is 473 g/mol. The summed E-state index contributed by atoms with van der Waals surface area (Å²) in [7, 11) is -3.49. The number of piperidine rings is 2. The van der Waals surface area contributed by atoms with E-state index in [4.69, 9.17) is 0 Å². The van der Waals surface area contributed by atoms with E-state index in [1.54, 1.807) is 0 Å². The Labute approximate surface area is 195 Å². The molecule has 0 radical (unpaired) electrons. The number of rotatable bonds is 7. The molecule has 0 atom stereocenters. The molecular weight excluding hydrogens is 441 g/mol. The van der Waals surface area contributed by atoms with Gasteiger partial charge < -0.3 is 10.2 Å². The normalized spacial score (nSPS) is 18.3. The van der Waals surface area contributed by atoms with Gasteiger partial charge in [-0.15, -0.1) is 0 Å². The summed E-state index contributed by atoms with van der Waals surface area (Å²) in [4.78, 5) is 15.0. The van der Waals surface area contributed by atoms with Gasteiger partial charge in [-0.1, -0.05) is 24.3 Å². The average molecular weight is 474 g/mol. The van der Waals surface area contributed by atoms with Crippen molar-refractivity contribution in [2.75, 3.05) is 31.1 Å². The van der Waals surface area contributed by atoms with Crippen LogP contribution < -0.4 is 10.2 Å². The van der Waals surface area contributed by atoms with Gasteiger partial charge in [0, 0.05) is 44.3 Å². The van der Waals surface area contributed by atoms with Gasteiger partial charge in [0.2, 0.25) is 15.9 Å². The molecule has 8 heteroatoms. The van der Waals surface area contributed by atoms with E-state index in [1.165, 1.54) is 53.5 Å². The van der Waals surface area contributed by atoms with Crippen LogP contribution in [0.5, 0.6) is 0 Å². The summed E-state index contributed by atoms with van der Waals surface area (Å²) >= 11 is 0. The Morgan fingerprint density at radius 2 is 1.48 bits per heavy atom. The topological polar surface area (TPSA) is 69.7 Å². The SMILES string of the molecule is O=C(NCc1ccc(N2CCCCC2)cc1)C1CCN(S(=O)(=O)Cc2ccc(F)cc2)CC1. The molecule has 0 aromatic heterocycles. The zero-order valence-corrected chi connectivity index (χ0v) is 19.7. The van der Waals surface area contributed by atoms with Crippen molar-refractivity contribution in [3.8, 4) is 0 Å². The fourth-order valence-electron chi connectivity index (χ4n) is 4.59. The second kappa shape index (κ2) is 10.7. The fourth-order valence-corrected chi connectivity index (χ4v) is 6.15. The van der Waals surface area contributed by atoms with Crippen LogP contribution in [0.2, 0.25) is 0 Å². The van der Waals surface area contributed by atoms with Gasteiger partial charge in [-0.2, -0.15) is 0 Å². The Morgan fingerprint density at radius 3 is 2.12 bits per heavy atom. The van der Waals surface area contributed by atoms with Crippen molar-refractivity contribution in [2.45, 2.75) is 44.4 Å².